The van der Waals surface area contributed by atoms with Crippen LogP contribution in [0, 0.1) is 26.2 Å². The summed E-state index contributed by atoms with van der Waals surface area (Å²) in [4.78, 5) is 23.4. The van der Waals surface area contributed by atoms with E-state index in [0.717, 1.165) is 29.7 Å². The van der Waals surface area contributed by atoms with E-state index in [1.54, 1.807) is 30.1 Å². The molecule has 40 heavy (non-hydrogen) atoms. The van der Waals surface area contributed by atoms with Crippen molar-refractivity contribution in [3.63, 3.8) is 0 Å². The summed E-state index contributed by atoms with van der Waals surface area (Å²) >= 11 is 6.65. The van der Waals surface area contributed by atoms with Crippen LogP contribution in [0.4, 0.5) is 10.6 Å². The lowest BCUT2D eigenvalue weighted by molar-refractivity contribution is -0.0554. The van der Waals surface area contributed by atoms with Crippen molar-refractivity contribution < 1.29 is 23.9 Å². The van der Waals surface area contributed by atoms with Gasteiger partial charge in [-0.05, 0) is 58.9 Å². The van der Waals surface area contributed by atoms with Gasteiger partial charge in [0.2, 0.25) is 0 Å². The Morgan fingerprint density at radius 3 is 2.67 bits per heavy atom. The van der Waals surface area contributed by atoms with Crippen LogP contribution in [0.3, 0.4) is 0 Å². The fraction of sp³-hybridized carbons (Fsp3) is 0.500. The van der Waals surface area contributed by atoms with E-state index in [1.807, 2.05) is 20.8 Å². The molecule has 1 aliphatic carbocycles. The first kappa shape index (κ1) is 28.1. The summed E-state index contributed by atoms with van der Waals surface area (Å²) in [6, 6.07) is 5.48. The van der Waals surface area contributed by atoms with Gasteiger partial charge < -0.3 is 34.6 Å². The van der Waals surface area contributed by atoms with Gasteiger partial charge in [-0.2, -0.15) is 0 Å². The van der Waals surface area contributed by atoms with Crippen LogP contribution in [-0.4, -0.2) is 83.8 Å². The topological polar surface area (TPSA) is 135 Å². The number of ether oxygens (including phenoxy) is 2. The number of halogens is 1. The molecule has 1 aromatic carbocycles. The molecule has 1 spiro atoms. The molecule has 2 aliphatic rings. The van der Waals surface area contributed by atoms with E-state index in [4.69, 9.17) is 35.6 Å². The molecular weight excluding hydrogens is 536 g/mol. The number of likely N-dealkylation sites (tertiary alicyclic amines) is 1. The molecule has 3 N–H and O–H groups in total. The fourth-order valence-corrected chi connectivity index (χ4v) is 5.86. The molecule has 0 bridgehead atoms. The Labute approximate surface area is 238 Å². The Balaban J connectivity index is 1.44. The molecule has 1 unspecified atom stereocenters. The quantitative estimate of drug-likeness (QED) is 0.346. The summed E-state index contributed by atoms with van der Waals surface area (Å²) in [6.45, 7) is 7.70. The third kappa shape index (κ3) is 5.45. The van der Waals surface area contributed by atoms with Crippen molar-refractivity contribution in [1.29, 1.82) is 0 Å². The number of hydrogen-bond acceptors (Lipinski definition) is 10. The molecule has 5 rings (SSSR count). The minimum Gasteiger partial charge on any atom is -0.491 e. The first-order valence-corrected chi connectivity index (χ1v) is 13.7. The van der Waals surface area contributed by atoms with Gasteiger partial charge in [0.15, 0.2) is 5.82 Å². The SMILES string of the molecule is CNCC(O)COc1ccc(Cl)c(-c2nc(NC3CC4(C3)CN(C(=O)OC)C4)c(C)c(-c3c(C)noc3C)n2)c1. The Morgan fingerprint density at radius 2 is 2.02 bits per heavy atom. The predicted molar refractivity (Wildman–Crippen MR) is 151 cm³/mol. The number of benzene rings is 1. The highest BCUT2D eigenvalue weighted by atomic mass is 35.5. The summed E-state index contributed by atoms with van der Waals surface area (Å²) < 4.78 is 16.1. The number of hydrogen-bond donors (Lipinski definition) is 3. The van der Waals surface area contributed by atoms with Gasteiger partial charge in [-0.15, -0.1) is 0 Å². The Hall–Kier alpha value is -3.41. The Bertz CT molecular complexity index is 1380. The molecule has 0 radical (unpaired) electrons. The van der Waals surface area contributed by atoms with E-state index in [9.17, 15) is 9.90 Å². The average molecular weight is 571 g/mol. The number of aromatic nitrogens is 3. The first-order chi connectivity index (χ1) is 19.1. The molecule has 2 aromatic heterocycles. The number of likely N-dealkylation sites (N-methyl/N-ethyl adjacent to an activating group) is 1. The molecule has 1 saturated carbocycles. The van der Waals surface area contributed by atoms with Crippen molar-refractivity contribution in [1.82, 2.24) is 25.3 Å². The number of amides is 1. The summed E-state index contributed by atoms with van der Waals surface area (Å²) in [5.74, 6) is 2.35. The third-order valence-electron chi connectivity index (χ3n) is 7.66. The molecule has 1 saturated heterocycles. The zero-order chi connectivity index (χ0) is 28.6. The van der Waals surface area contributed by atoms with E-state index in [2.05, 4.69) is 15.8 Å². The van der Waals surface area contributed by atoms with Crippen molar-refractivity contribution in [2.45, 2.75) is 45.8 Å². The minimum absolute atomic E-state index is 0.130. The number of rotatable bonds is 9. The number of nitrogens with one attached hydrogen (secondary N) is 2. The number of aliphatic hydroxyl groups is 1. The third-order valence-corrected chi connectivity index (χ3v) is 7.99. The lowest BCUT2D eigenvalue weighted by Crippen LogP contribution is -2.66. The van der Waals surface area contributed by atoms with Crippen molar-refractivity contribution >= 4 is 23.5 Å². The summed E-state index contributed by atoms with van der Waals surface area (Å²) in [5, 5.41) is 21.2. The largest absolute Gasteiger partial charge is 0.491 e. The summed E-state index contributed by atoms with van der Waals surface area (Å²) in [5.41, 5.74) is 3.88. The number of aryl methyl sites for hydroxylation is 2. The summed E-state index contributed by atoms with van der Waals surface area (Å²) in [7, 11) is 3.18. The molecule has 214 valence electrons. The molecule has 2 fully saturated rings. The van der Waals surface area contributed by atoms with E-state index < -0.39 is 6.10 Å². The van der Waals surface area contributed by atoms with Crippen molar-refractivity contribution in [3.8, 4) is 28.4 Å². The maximum absolute atomic E-state index is 11.8. The van der Waals surface area contributed by atoms with Crippen LogP contribution in [0.15, 0.2) is 22.7 Å². The van der Waals surface area contributed by atoms with E-state index >= 15 is 0 Å². The lowest BCUT2D eigenvalue weighted by atomic mass is 9.61. The number of aliphatic hydroxyl groups excluding tert-OH is 1. The van der Waals surface area contributed by atoms with Crippen molar-refractivity contribution in [2.75, 3.05) is 45.7 Å². The second-order valence-electron chi connectivity index (χ2n) is 10.8. The maximum Gasteiger partial charge on any atom is 0.409 e. The average Bonchev–Trinajstić information content (AvgIpc) is 3.22. The number of methoxy groups -OCH3 is 1. The number of carbonyl (C=O) groups is 1. The number of nitrogens with zero attached hydrogens (tertiary/aromatic N) is 4. The van der Waals surface area contributed by atoms with Crippen LogP contribution >= 0.6 is 11.6 Å². The zero-order valence-corrected chi connectivity index (χ0v) is 24.1. The summed E-state index contributed by atoms with van der Waals surface area (Å²) in [6.07, 6.45) is 0.933. The zero-order valence-electron chi connectivity index (χ0n) is 23.4. The number of anilines is 1. The van der Waals surface area contributed by atoms with Gasteiger partial charge in [0.25, 0.3) is 0 Å². The van der Waals surface area contributed by atoms with E-state index in [0.29, 0.717) is 59.1 Å². The second kappa shape index (κ2) is 11.2. The molecule has 12 heteroatoms. The van der Waals surface area contributed by atoms with Gasteiger partial charge in [0.1, 0.15) is 30.0 Å². The Morgan fingerprint density at radius 1 is 1.27 bits per heavy atom. The van der Waals surface area contributed by atoms with Gasteiger partial charge in [-0.25, -0.2) is 14.8 Å². The van der Waals surface area contributed by atoms with Crippen molar-refractivity contribution in [3.05, 3.63) is 40.2 Å². The van der Waals surface area contributed by atoms with Gasteiger partial charge in [-0.3, -0.25) is 0 Å². The molecule has 1 amide bonds. The van der Waals surface area contributed by atoms with Crippen LogP contribution in [0.2, 0.25) is 5.02 Å². The normalized spacial score (nSPS) is 16.8. The fourth-order valence-electron chi connectivity index (χ4n) is 5.66. The Kier molecular flexibility index (Phi) is 7.89. The van der Waals surface area contributed by atoms with Gasteiger partial charge in [-0.1, -0.05) is 16.8 Å². The molecule has 3 aromatic rings. The van der Waals surface area contributed by atoms with E-state index in [1.165, 1.54) is 7.11 Å². The van der Waals surface area contributed by atoms with Crippen LogP contribution in [0.25, 0.3) is 22.6 Å². The van der Waals surface area contributed by atoms with Gasteiger partial charge >= 0.3 is 6.09 Å². The van der Waals surface area contributed by atoms with Gasteiger partial charge in [0, 0.05) is 42.2 Å². The smallest absolute Gasteiger partial charge is 0.409 e. The van der Waals surface area contributed by atoms with Crippen molar-refractivity contribution in [2.24, 2.45) is 5.41 Å². The highest BCUT2D eigenvalue weighted by Crippen LogP contribution is 2.49. The lowest BCUT2D eigenvalue weighted by Gasteiger charge is -2.58. The highest BCUT2D eigenvalue weighted by molar-refractivity contribution is 6.33. The van der Waals surface area contributed by atoms with Gasteiger partial charge in [0.05, 0.1) is 29.1 Å². The minimum atomic E-state index is -0.650. The van der Waals surface area contributed by atoms with Crippen LogP contribution in [0.5, 0.6) is 5.75 Å². The molecule has 11 nitrogen and oxygen atoms in total. The first-order valence-electron chi connectivity index (χ1n) is 13.3. The van der Waals surface area contributed by atoms with Crippen LogP contribution in [0.1, 0.15) is 29.9 Å². The predicted octanol–water partition coefficient (Wildman–Crippen LogP) is 3.98. The number of carbonyl (C=O) groups excluding carboxylic acids is 1. The van der Waals surface area contributed by atoms with E-state index in [-0.39, 0.29) is 24.2 Å². The molecule has 1 aliphatic heterocycles. The monoisotopic (exact) mass is 570 g/mol. The molecular formula is C28H35ClN6O5. The maximum atomic E-state index is 11.8. The van der Waals surface area contributed by atoms with Crippen LogP contribution in [-0.2, 0) is 4.74 Å². The molecule has 1 atom stereocenters. The highest BCUT2D eigenvalue weighted by Gasteiger charge is 2.54. The molecule has 3 heterocycles. The second-order valence-corrected chi connectivity index (χ2v) is 11.2. The standard InChI is InChI=1S/C28H35ClN6O5/c1-15-24(23-16(2)34-40-17(23)3)32-26(21-8-20(6-7-22(21)29)39-12-19(36)11-30-4)33-25(15)31-18-9-28(10-18)13-35(14-28)27(37)38-5/h6-8,18-19,30,36H,9-14H2,1-5H3,(H,31,32,33). The van der Waals surface area contributed by atoms with Crippen LogP contribution < -0.4 is 15.4 Å².